The van der Waals surface area contributed by atoms with Crippen LogP contribution in [0.25, 0.3) is 0 Å². The lowest BCUT2D eigenvalue weighted by Gasteiger charge is -1.83. The third-order valence-electron chi connectivity index (χ3n) is 0.970. The Kier molecular flexibility index (Phi) is 17.8. The molecule has 0 aromatic heterocycles. The fourth-order valence-electron chi connectivity index (χ4n) is 0.336. The Balaban J connectivity index is -0.000000190. The van der Waals surface area contributed by atoms with Crippen LogP contribution in [-0.2, 0) is 23.9 Å². The van der Waals surface area contributed by atoms with Crippen LogP contribution in [0.3, 0.4) is 0 Å². The van der Waals surface area contributed by atoms with Gasteiger partial charge in [-0.15, -0.1) is 0 Å². The maximum Gasteiger partial charge on any atom is 0.329 e. The van der Waals surface area contributed by atoms with Crippen LogP contribution in [0.5, 0.6) is 0 Å². The Morgan fingerprint density at radius 3 is 1.33 bits per heavy atom. The Hall–Kier alpha value is -1.96. The Morgan fingerprint density at radius 1 is 0.944 bits per heavy atom. The minimum atomic E-state index is -1.06. The van der Waals surface area contributed by atoms with E-state index in [1.165, 1.54) is 14.0 Å². The molecule has 0 aliphatic rings. The minimum Gasteiger partial charge on any atom is -0.481 e. The number of hydrogen-bond donors (Lipinski definition) is 3. The number of carbonyl (C=O) groups is 4. The third-order valence-corrected chi connectivity index (χ3v) is 0.970. The molecule has 18 heavy (non-hydrogen) atoms. The number of Topliss-reactive ketones (excluding diaryl/α,β-unsaturated/α-hetero) is 1. The molecule has 0 amide bonds. The van der Waals surface area contributed by atoms with Gasteiger partial charge in [0.05, 0.1) is 0 Å². The summed E-state index contributed by atoms with van der Waals surface area (Å²) >= 11 is 0. The lowest BCUT2D eigenvalue weighted by atomic mass is 10.3. The Labute approximate surface area is 104 Å². The van der Waals surface area contributed by atoms with E-state index in [-0.39, 0.29) is 25.2 Å². The molecule has 0 aliphatic carbocycles. The van der Waals surface area contributed by atoms with Crippen molar-refractivity contribution in [2.24, 2.45) is 0 Å². The number of methoxy groups -OCH3 is 1. The van der Waals surface area contributed by atoms with Gasteiger partial charge in [0.1, 0.15) is 18.8 Å². The first-order valence-corrected chi connectivity index (χ1v) is 4.81. The summed E-state index contributed by atoms with van der Waals surface area (Å²) in [4.78, 5) is 38.3. The van der Waals surface area contributed by atoms with Crippen molar-refractivity contribution in [3.63, 3.8) is 0 Å². The van der Waals surface area contributed by atoms with E-state index in [1.54, 1.807) is 6.92 Å². The number of aliphatic carboxylic acids is 3. The van der Waals surface area contributed by atoms with Crippen LogP contribution in [-0.4, -0.2) is 52.7 Å². The molecule has 0 aliphatic heterocycles. The number of ether oxygens (including phenoxy) is 1. The van der Waals surface area contributed by atoms with E-state index in [9.17, 15) is 19.2 Å². The zero-order valence-corrected chi connectivity index (χ0v) is 10.5. The van der Waals surface area contributed by atoms with E-state index in [4.69, 9.17) is 15.3 Å². The van der Waals surface area contributed by atoms with Crippen LogP contribution in [0.2, 0.25) is 0 Å². The fourth-order valence-corrected chi connectivity index (χ4v) is 0.336. The summed E-state index contributed by atoms with van der Waals surface area (Å²) < 4.78 is 4.20. The summed E-state index contributed by atoms with van der Waals surface area (Å²) in [6, 6.07) is 0. The van der Waals surface area contributed by atoms with E-state index in [2.05, 4.69) is 4.74 Å². The topological polar surface area (TPSA) is 138 Å². The Morgan fingerprint density at radius 2 is 1.33 bits per heavy atom. The molecule has 0 unspecified atom stereocenters. The first-order chi connectivity index (χ1) is 8.17. The third kappa shape index (κ3) is 48.2. The van der Waals surface area contributed by atoms with Gasteiger partial charge in [-0.1, -0.05) is 6.92 Å². The van der Waals surface area contributed by atoms with E-state index >= 15 is 0 Å². The number of carboxylic acid groups (broad SMARTS) is 3. The fraction of sp³-hybridized carbons (Fsp3) is 0.600. The van der Waals surface area contributed by atoms with Crippen molar-refractivity contribution in [1.29, 1.82) is 0 Å². The molecule has 0 radical (unpaired) electrons. The van der Waals surface area contributed by atoms with Crippen LogP contribution in [0.1, 0.15) is 26.7 Å². The molecule has 0 bridgehead atoms. The molecular formula is C10H18O8. The molecular weight excluding hydrogens is 248 g/mol. The summed E-state index contributed by atoms with van der Waals surface area (Å²) in [6.45, 7) is 2.64. The molecule has 0 atom stereocenters. The average molecular weight is 266 g/mol. The van der Waals surface area contributed by atoms with Gasteiger partial charge in [0.15, 0.2) is 0 Å². The number of carbonyl (C=O) groups excluding carboxylic acids is 1. The summed E-state index contributed by atoms with van der Waals surface area (Å²) in [5, 5.41) is 23.4. The number of rotatable bonds is 5. The smallest absolute Gasteiger partial charge is 0.329 e. The number of ketones is 1. The Bertz CT molecular complexity index is 259. The molecule has 8 nitrogen and oxygen atoms in total. The van der Waals surface area contributed by atoms with Crippen LogP contribution in [0, 0.1) is 0 Å². The van der Waals surface area contributed by atoms with Crippen LogP contribution < -0.4 is 0 Å². The van der Waals surface area contributed by atoms with E-state index in [0.717, 1.165) is 0 Å². The van der Waals surface area contributed by atoms with Gasteiger partial charge in [-0.2, -0.15) is 0 Å². The summed E-state index contributed by atoms with van der Waals surface area (Å²) in [5.74, 6) is -3.05. The van der Waals surface area contributed by atoms with Gasteiger partial charge >= 0.3 is 17.9 Å². The molecule has 106 valence electrons. The van der Waals surface area contributed by atoms with Gasteiger partial charge in [0, 0.05) is 13.5 Å². The van der Waals surface area contributed by atoms with Gasteiger partial charge in [-0.05, 0) is 6.92 Å². The van der Waals surface area contributed by atoms with Gasteiger partial charge in [-0.3, -0.25) is 14.4 Å². The summed E-state index contributed by atoms with van der Waals surface area (Å²) in [6.07, 6.45) is -0.139. The maximum atomic E-state index is 9.87. The lowest BCUT2D eigenvalue weighted by molar-refractivity contribution is -0.141. The second-order valence-corrected chi connectivity index (χ2v) is 2.85. The number of hydrogen-bond acceptors (Lipinski definition) is 5. The lowest BCUT2D eigenvalue weighted by Crippen LogP contribution is -2.02. The molecule has 0 aromatic rings. The second kappa shape index (κ2) is 15.0. The minimum absolute atomic E-state index is 0.208. The molecule has 0 saturated heterocycles. The molecule has 0 heterocycles. The van der Waals surface area contributed by atoms with Crippen molar-refractivity contribution in [1.82, 2.24) is 0 Å². The van der Waals surface area contributed by atoms with E-state index in [1.807, 2.05) is 0 Å². The standard InChI is InChI=1S/C4H6O3.C3H6O3.C3H6O2/c1-3(5)2-4(6)7;1-6-2-3(4)5;1-2-3(4)5/h2H2,1H3,(H,6,7);2H2,1H3,(H,4,5);2H2,1H3,(H,4,5). The van der Waals surface area contributed by atoms with Crippen LogP contribution >= 0.6 is 0 Å². The molecule has 0 spiro atoms. The summed E-state index contributed by atoms with van der Waals surface area (Å²) in [5.41, 5.74) is 0. The zero-order valence-electron chi connectivity index (χ0n) is 10.5. The normalized spacial score (nSPS) is 7.94. The van der Waals surface area contributed by atoms with E-state index < -0.39 is 17.9 Å². The molecule has 0 aromatic carbocycles. The monoisotopic (exact) mass is 266 g/mol. The van der Waals surface area contributed by atoms with Gasteiger partial charge in [0.2, 0.25) is 0 Å². The highest BCUT2D eigenvalue weighted by Crippen LogP contribution is 1.77. The molecule has 0 saturated carbocycles. The highest BCUT2D eigenvalue weighted by molar-refractivity contribution is 5.93. The summed E-state index contributed by atoms with van der Waals surface area (Å²) in [7, 11) is 1.34. The van der Waals surface area contributed by atoms with Crippen molar-refractivity contribution < 1.29 is 39.2 Å². The van der Waals surface area contributed by atoms with E-state index in [0.29, 0.717) is 0 Å². The highest BCUT2D eigenvalue weighted by Gasteiger charge is 1.98. The highest BCUT2D eigenvalue weighted by atomic mass is 16.5. The molecule has 8 heteroatoms. The first-order valence-electron chi connectivity index (χ1n) is 4.81. The van der Waals surface area contributed by atoms with Crippen LogP contribution in [0.15, 0.2) is 0 Å². The maximum absolute atomic E-state index is 9.87. The average Bonchev–Trinajstić information content (AvgIpc) is 2.16. The van der Waals surface area contributed by atoms with Crippen LogP contribution in [0.4, 0.5) is 0 Å². The van der Waals surface area contributed by atoms with Crippen molar-refractivity contribution in [3.8, 4) is 0 Å². The van der Waals surface area contributed by atoms with Gasteiger partial charge in [0.25, 0.3) is 0 Å². The molecule has 0 fully saturated rings. The van der Waals surface area contributed by atoms with Gasteiger partial charge < -0.3 is 20.1 Å². The zero-order chi connectivity index (χ0) is 15.1. The molecule has 0 rings (SSSR count). The van der Waals surface area contributed by atoms with Crippen molar-refractivity contribution in [3.05, 3.63) is 0 Å². The number of carboxylic acids is 3. The first kappa shape index (κ1) is 21.3. The quantitative estimate of drug-likeness (QED) is 0.602. The second-order valence-electron chi connectivity index (χ2n) is 2.85. The predicted octanol–water partition coefficient (Wildman–Crippen LogP) is 0.248. The molecule has 3 N–H and O–H groups in total. The van der Waals surface area contributed by atoms with Crippen molar-refractivity contribution >= 4 is 23.7 Å². The van der Waals surface area contributed by atoms with Gasteiger partial charge in [-0.25, -0.2) is 4.79 Å². The predicted molar refractivity (Wildman–Crippen MR) is 60.4 cm³/mol. The SMILES string of the molecule is CC(=O)CC(=O)O.CCC(=O)O.COCC(=O)O. The van der Waals surface area contributed by atoms with Crippen molar-refractivity contribution in [2.45, 2.75) is 26.7 Å². The largest absolute Gasteiger partial charge is 0.481 e. The van der Waals surface area contributed by atoms with Crippen molar-refractivity contribution in [2.75, 3.05) is 13.7 Å².